The molecule has 1 N–H and O–H groups in total. The molecule has 1 aromatic carbocycles. The number of aliphatic hydroxyl groups is 1. The third-order valence-electron chi connectivity index (χ3n) is 4.25. The third kappa shape index (κ3) is 2.76. The lowest BCUT2D eigenvalue weighted by atomic mass is 9.74. The van der Waals surface area contributed by atoms with Crippen molar-refractivity contribution in [2.75, 3.05) is 7.11 Å². The summed E-state index contributed by atoms with van der Waals surface area (Å²) in [5, 5.41) is 10.6. The van der Waals surface area contributed by atoms with E-state index in [1.807, 2.05) is 0 Å². The first-order chi connectivity index (χ1) is 9.41. The summed E-state index contributed by atoms with van der Waals surface area (Å²) < 4.78 is 33.8. The predicted molar refractivity (Wildman–Crippen MR) is 76.4 cm³/mol. The summed E-state index contributed by atoms with van der Waals surface area (Å²) in [7, 11) is 1.50. The quantitative estimate of drug-likeness (QED) is 0.822. The van der Waals surface area contributed by atoms with Crippen molar-refractivity contribution < 1.29 is 18.6 Å². The second kappa shape index (κ2) is 6.08. The van der Waals surface area contributed by atoms with Gasteiger partial charge in [-0.1, -0.05) is 19.8 Å². The Kier molecular flexibility index (Phi) is 4.82. The van der Waals surface area contributed by atoms with Crippen molar-refractivity contribution in [2.24, 2.45) is 5.92 Å². The van der Waals surface area contributed by atoms with Gasteiger partial charge in [-0.15, -0.1) is 0 Å². The van der Waals surface area contributed by atoms with Crippen LogP contribution in [0.1, 0.15) is 44.3 Å². The van der Waals surface area contributed by atoms with E-state index in [9.17, 15) is 13.9 Å². The maximum atomic E-state index is 14.2. The van der Waals surface area contributed by atoms with Crippen molar-refractivity contribution in [1.82, 2.24) is 0 Å². The second-order valence-corrected chi connectivity index (χ2v) is 6.48. The topological polar surface area (TPSA) is 29.5 Å². The average molecular weight is 349 g/mol. The molecule has 0 bridgehead atoms. The highest BCUT2D eigenvalue weighted by molar-refractivity contribution is 9.10. The van der Waals surface area contributed by atoms with E-state index in [1.54, 1.807) is 0 Å². The van der Waals surface area contributed by atoms with Crippen LogP contribution in [-0.4, -0.2) is 17.8 Å². The molecule has 1 aliphatic carbocycles. The molecule has 5 heteroatoms. The molecule has 0 amide bonds. The number of halogens is 3. The van der Waals surface area contributed by atoms with Crippen molar-refractivity contribution in [3.8, 4) is 0 Å². The van der Waals surface area contributed by atoms with E-state index in [1.165, 1.54) is 13.2 Å². The fourth-order valence-electron chi connectivity index (χ4n) is 3.15. The van der Waals surface area contributed by atoms with Gasteiger partial charge in [-0.05, 0) is 46.8 Å². The van der Waals surface area contributed by atoms with Gasteiger partial charge < -0.3 is 9.84 Å². The molecular formula is C15H19BrF2O2. The summed E-state index contributed by atoms with van der Waals surface area (Å²) in [6, 6.07) is 2.45. The molecule has 2 nitrogen and oxygen atoms in total. The van der Waals surface area contributed by atoms with Crippen LogP contribution in [0.2, 0.25) is 0 Å². The molecule has 3 atom stereocenters. The summed E-state index contributed by atoms with van der Waals surface area (Å²) in [6.45, 7) is 2.06. The van der Waals surface area contributed by atoms with Crippen molar-refractivity contribution in [3.63, 3.8) is 0 Å². The fraction of sp³-hybridized carbons (Fsp3) is 0.600. The minimum atomic E-state index is -1.31. The van der Waals surface area contributed by atoms with Gasteiger partial charge in [0, 0.05) is 7.11 Å². The van der Waals surface area contributed by atoms with Gasteiger partial charge in [-0.2, -0.15) is 0 Å². The Hall–Kier alpha value is -0.520. The Labute approximate surface area is 126 Å². The first-order valence-electron chi connectivity index (χ1n) is 6.78. The molecule has 1 fully saturated rings. The summed E-state index contributed by atoms with van der Waals surface area (Å²) in [5.74, 6) is -1.14. The van der Waals surface area contributed by atoms with E-state index < -0.39 is 23.3 Å². The molecule has 3 unspecified atom stereocenters. The molecule has 0 saturated heterocycles. The lowest BCUT2D eigenvalue weighted by molar-refractivity contribution is -0.136. The Morgan fingerprint density at radius 2 is 2.15 bits per heavy atom. The Balaban J connectivity index is 2.43. The highest BCUT2D eigenvalue weighted by Gasteiger charge is 2.44. The first-order valence-corrected chi connectivity index (χ1v) is 7.57. The van der Waals surface area contributed by atoms with Gasteiger partial charge in [0.05, 0.1) is 15.6 Å². The van der Waals surface area contributed by atoms with E-state index in [2.05, 4.69) is 22.9 Å². The summed E-state index contributed by atoms with van der Waals surface area (Å²) in [4.78, 5) is 0. The zero-order chi connectivity index (χ0) is 14.9. The lowest BCUT2D eigenvalue weighted by Gasteiger charge is -2.42. The Morgan fingerprint density at radius 1 is 1.45 bits per heavy atom. The molecule has 2 rings (SSSR count). The highest BCUT2D eigenvalue weighted by Crippen LogP contribution is 2.44. The van der Waals surface area contributed by atoms with Crippen molar-refractivity contribution in [1.29, 1.82) is 0 Å². The van der Waals surface area contributed by atoms with Crippen LogP contribution in [0, 0.1) is 17.6 Å². The monoisotopic (exact) mass is 348 g/mol. The molecule has 20 heavy (non-hydrogen) atoms. The van der Waals surface area contributed by atoms with Gasteiger partial charge in [-0.3, -0.25) is 0 Å². The molecule has 0 spiro atoms. The van der Waals surface area contributed by atoms with Gasteiger partial charge in [0.2, 0.25) is 0 Å². The molecule has 1 aromatic rings. The number of hydrogen-bond acceptors (Lipinski definition) is 2. The number of hydrogen-bond donors (Lipinski definition) is 1. The SMILES string of the molecule is COC1(C(O)c2c(F)ccc(Br)c2F)CCCC(C)C1. The Morgan fingerprint density at radius 3 is 2.75 bits per heavy atom. The van der Waals surface area contributed by atoms with E-state index in [4.69, 9.17) is 4.74 Å². The number of methoxy groups -OCH3 is 1. The molecule has 0 heterocycles. The van der Waals surface area contributed by atoms with Crippen LogP contribution in [0.3, 0.4) is 0 Å². The molecule has 1 aliphatic rings. The second-order valence-electron chi connectivity index (χ2n) is 5.63. The van der Waals surface area contributed by atoms with Crippen LogP contribution in [0.4, 0.5) is 8.78 Å². The molecule has 112 valence electrons. The molecule has 1 saturated carbocycles. The maximum Gasteiger partial charge on any atom is 0.146 e. The Bertz CT molecular complexity index is 495. The third-order valence-corrected chi connectivity index (χ3v) is 4.86. The highest BCUT2D eigenvalue weighted by atomic mass is 79.9. The van der Waals surface area contributed by atoms with E-state index in [0.717, 1.165) is 18.9 Å². The zero-order valence-corrected chi connectivity index (χ0v) is 13.2. The molecule has 0 radical (unpaired) electrons. The van der Waals surface area contributed by atoms with Gasteiger partial charge in [0.15, 0.2) is 0 Å². The largest absolute Gasteiger partial charge is 0.385 e. The minimum absolute atomic E-state index is 0.142. The normalized spacial score (nSPS) is 28.4. The number of rotatable bonds is 3. The summed E-state index contributed by atoms with van der Waals surface area (Å²) in [5.41, 5.74) is -1.23. The van der Waals surface area contributed by atoms with Gasteiger partial charge in [0.25, 0.3) is 0 Å². The van der Waals surface area contributed by atoms with Crippen molar-refractivity contribution >= 4 is 15.9 Å². The fourth-order valence-corrected chi connectivity index (χ4v) is 3.49. The minimum Gasteiger partial charge on any atom is -0.385 e. The number of benzene rings is 1. The van der Waals surface area contributed by atoms with Crippen LogP contribution in [0.15, 0.2) is 16.6 Å². The van der Waals surface area contributed by atoms with Crippen LogP contribution in [0.5, 0.6) is 0 Å². The predicted octanol–water partition coefficient (Wildman–Crippen LogP) is 4.36. The summed E-state index contributed by atoms with van der Waals surface area (Å²) in [6.07, 6.45) is 1.80. The lowest BCUT2D eigenvalue weighted by Crippen LogP contribution is -2.43. The summed E-state index contributed by atoms with van der Waals surface area (Å²) >= 11 is 3.03. The van der Waals surface area contributed by atoms with Crippen LogP contribution in [-0.2, 0) is 4.74 Å². The standard InChI is InChI=1S/C15H19BrF2O2/c1-9-4-3-7-15(8-9,20-2)14(19)12-11(17)6-5-10(16)13(12)18/h5-6,9,14,19H,3-4,7-8H2,1-2H3. The average Bonchev–Trinajstić information content (AvgIpc) is 2.43. The van der Waals surface area contributed by atoms with E-state index in [0.29, 0.717) is 18.8 Å². The molecule has 0 aromatic heterocycles. The zero-order valence-electron chi connectivity index (χ0n) is 11.6. The van der Waals surface area contributed by atoms with Crippen LogP contribution < -0.4 is 0 Å². The van der Waals surface area contributed by atoms with Crippen molar-refractivity contribution in [3.05, 3.63) is 33.8 Å². The van der Waals surface area contributed by atoms with Crippen molar-refractivity contribution in [2.45, 2.75) is 44.3 Å². The maximum absolute atomic E-state index is 14.2. The molecule has 0 aliphatic heterocycles. The number of aliphatic hydroxyl groups excluding tert-OH is 1. The first kappa shape index (κ1) is 15.9. The van der Waals surface area contributed by atoms with Crippen LogP contribution in [0.25, 0.3) is 0 Å². The smallest absolute Gasteiger partial charge is 0.146 e. The van der Waals surface area contributed by atoms with E-state index in [-0.39, 0.29) is 10.0 Å². The van der Waals surface area contributed by atoms with Gasteiger partial charge in [0.1, 0.15) is 17.7 Å². The number of ether oxygens (including phenoxy) is 1. The van der Waals surface area contributed by atoms with E-state index >= 15 is 0 Å². The van der Waals surface area contributed by atoms with Gasteiger partial charge in [-0.25, -0.2) is 8.78 Å². The van der Waals surface area contributed by atoms with Gasteiger partial charge >= 0.3 is 0 Å². The molecular weight excluding hydrogens is 330 g/mol. The van der Waals surface area contributed by atoms with Crippen LogP contribution >= 0.6 is 15.9 Å².